The zero-order chi connectivity index (χ0) is 18.4. The minimum atomic E-state index is 0.150. The molecule has 0 bridgehead atoms. The van der Waals surface area contributed by atoms with Crippen molar-refractivity contribution < 1.29 is 9.26 Å². The molecule has 0 aliphatic carbocycles. The lowest BCUT2D eigenvalue weighted by Crippen LogP contribution is -2.47. The van der Waals surface area contributed by atoms with Gasteiger partial charge in [0.2, 0.25) is 0 Å². The molecule has 0 amide bonds. The van der Waals surface area contributed by atoms with Crippen molar-refractivity contribution >= 4 is 5.96 Å². The normalized spacial score (nSPS) is 22.3. The van der Waals surface area contributed by atoms with Crippen LogP contribution < -0.4 is 10.6 Å². The molecule has 1 aliphatic rings. The Labute approximate surface area is 151 Å². The van der Waals surface area contributed by atoms with Crippen molar-refractivity contribution in [3.05, 3.63) is 17.5 Å². The van der Waals surface area contributed by atoms with Gasteiger partial charge in [-0.05, 0) is 24.2 Å². The number of aliphatic imine (C=N–C) groups is 1. The first-order valence-electron chi connectivity index (χ1n) is 9.33. The van der Waals surface area contributed by atoms with Gasteiger partial charge in [-0.15, -0.1) is 0 Å². The van der Waals surface area contributed by atoms with Crippen molar-refractivity contribution in [2.45, 2.75) is 66.0 Å². The number of nitrogens with one attached hydrogen (secondary N) is 2. The van der Waals surface area contributed by atoms with Gasteiger partial charge in [0, 0.05) is 32.2 Å². The number of rotatable bonds is 5. The molecule has 2 heterocycles. The second-order valence-corrected chi connectivity index (χ2v) is 8.24. The largest absolute Gasteiger partial charge is 0.377 e. The lowest BCUT2D eigenvalue weighted by Gasteiger charge is -2.40. The summed E-state index contributed by atoms with van der Waals surface area (Å²) in [6, 6.07) is 2.00. The molecule has 2 N–H and O–H groups in total. The monoisotopic (exact) mass is 350 g/mol. The first-order chi connectivity index (χ1) is 11.8. The Bertz CT molecular complexity index is 560. The highest BCUT2D eigenvalue weighted by molar-refractivity contribution is 5.79. The molecular weight excluding hydrogens is 316 g/mol. The SMILES string of the molecule is CN=C(NCc1cc(C(C)C)no1)NCC1CCCOC1C(C)(C)C. The van der Waals surface area contributed by atoms with Crippen molar-refractivity contribution in [2.75, 3.05) is 20.2 Å². The van der Waals surface area contributed by atoms with Crippen LogP contribution in [-0.2, 0) is 11.3 Å². The Morgan fingerprint density at radius 3 is 2.72 bits per heavy atom. The van der Waals surface area contributed by atoms with E-state index in [1.165, 1.54) is 6.42 Å². The fourth-order valence-corrected chi connectivity index (χ4v) is 3.31. The van der Waals surface area contributed by atoms with Crippen LogP contribution in [0.2, 0.25) is 0 Å². The minimum Gasteiger partial charge on any atom is -0.377 e. The Kier molecular flexibility index (Phi) is 6.87. The zero-order valence-electron chi connectivity index (χ0n) is 16.6. The second kappa shape index (κ2) is 8.70. The molecule has 25 heavy (non-hydrogen) atoms. The number of hydrogen-bond donors (Lipinski definition) is 2. The Balaban J connectivity index is 1.84. The van der Waals surface area contributed by atoms with Gasteiger partial charge in [-0.1, -0.05) is 39.8 Å². The van der Waals surface area contributed by atoms with E-state index in [2.05, 4.69) is 55.4 Å². The predicted octanol–water partition coefficient (Wildman–Crippen LogP) is 3.30. The first-order valence-corrected chi connectivity index (χ1v) is 9.33. The molecule has 1 aromatic rings. The van der Waals surface area contributed by atoms with Crippen molar-refractivity contribution in [1.29, 1.82) is 0 Å². The molecule has 2 unspecified atom stereocenters. The molecule has 0 saturated carbocycles. The summed E-state index contributed by atoms with van der Waals surface area (Å²) >= 11 is 0. The zero-order valence-corrected chi connectivity index (χ0v) is 16.6. The minimum absolute atomic E-state index is 0.150. The quantitative estimate of drug-likeness (QED) is 0.630. The highest BCUT2D eigenvalue weighted by Crippen LogP contribution is 2.33. The second-order valence-electron chi connectivity index (χ2n) is 8.24. The van der Waals surface area contributed by atoms with Crippen molar-refractivity contribution in [3.8, 4) is 0 Å². The third-order valence-corrected chi connectivity index (χ3v) is 4.65. The van der Waals surface area contributed by atoms with Crippen LogP contribution in [0, 0.1) is 11.3 Å². The average Bonchev–Trinajstić information content (AvgIpc) is 3.04. The summed E-state index contributed by atoms with van der Waals surface area (Å²) in [4.78, 5) is 4.31. The maximum atomic E-state index is 6.05. The van der Waals surface area contributed by atoms with Crippen LogP contribution in [0.3, 0.4) is 0 Å². The number of hydrogen-bond acceptors (Lipinski definition) is 4. The number of nitrogens with zero attached hydrogens (tertiary/aromatic N) is 2. The number of ether oxygens (including phenoxy) is 1. The van der Waals surface area contributed by atoms with Gasteiger partial charge >= 0.3 is 0 Å². The van der Waals surface area contributed by atoms with E-state index in [1.807, 2.05) is 6.07 Å². The molecule has 2 rings (SSSR count). The van der Waals surface area contributed by atoms with Gasteiger partial charge in [-0.25, -0.2) is 0 Å². The third kappa shape index (κ3) is 5.73. The summed E-state index contributed by atoms with van der Waals surface area (Å²) < 4.78 is 11.4. The molecular formula is C19H34N4O2. The summed E-state index contributed by atoms with van der Waals surface area (Å²) in [5.41, 5.74) is 1.13. The molecule has 0 aromatic carbocycles. The Hall–Kier alpha value is -1.56. The Morgan fingerprint density at radius 1 is 1.36 bits per heavy atom. The van der Waals surface area contributed by atoms with Gasteiger partial charge in [0.1, 0.15) is 0 Å². The van der Waals surface area contributed by atoms with Crippen LogP contribution in [-0.4, -0.2) is 37.4 Å². The van der Waals surface area contributed by atoms with Crippen LogP contribution in [0.4, 0.5) is 0 Å². The molecule has 6 nitrogen and oxygen atoms in total. The maximum absolute atomic E-state index is 6.05. The van der Waals surface area contributed by atoms with E-state index in [-0.39, 0.29) is 11.5 Å². The van der Waals surface area contributed by atoms with E-state index in [9.17, 15) is 0 Å². The molecule has 0 spiro atoms. The van der Waals surface area contributed by atoms with E-state index in [0.717, 1.165) is 37.0 Å². The molecule has 1 aliphatic heterocycles. The highest BCUT2D eigenvalue weighted by Gasteiger charge is 2.35. The first kappa shape index (κ1) is 19.8. The Morgan fingerprint density at radius 2 is 2.12 bits per heavy atom. The third-order valence-electron chi connectivity index (χ3n) is 4.65. The molecule has 6 heteroatoms. The van der Waals surface area contributed by atoms with Crippen LogP contribution in [0.15, 0.2) is 15.6 Å². The van der Waals surface area contributed by atoms with Crippen LogP contribution in [0.1, 0.15) is 64.8 Å². The summed E-state index contributed by atoms with van der Waals surface area (Å²) in [6.07, 6.45) is 2.59. The maximum Gasteiger partial charge on any atom is 0.191 e. The summed E-state index contributed by atoms with van der Waals surface area (Å²) in [5.74, 6) is 2.46. The lowest BCUT2D eigenvalue weighted by molar-refractivity contribution is -0.0835. The fraction of sp³-hybridized carbons (Fsp3) is 0.789. The highest BCUT2D eigenvalue weighted by atomic mass is 16.5. The van der Waals surface area contributed by atoms with E-state index >= 15 is 0 Å². The van der Waals surface area contributed by atoms with E-state index in [1.54, 1.807) is 7.05 Å². The fourth-order valence-electron chi connectivity index (χ4n) is 3.31. The summed E-state index contributed by atoms with van der Waals surface area (Å²) in [7, 11) is 1.79. The van der Waals surface area contributed by atoms with E-state index in [0.29, 0.717) is 18.4 Å². The molecule has 142 valence electrons. The standard InChI is InChI=1S/C19H34N4O2/c1-13(2)16-10-15(25-23-16)12-22-18(20-6)21-11-14-8-7-9-24-17(14)19(3,4)5/h10,13-14,17H,7-9,11-12H2,1-6H3,(H2,20,21,22). The van der Waals surface area contributed by atoms with Crippen LogP contribution in [0.25, 0.3) is 0 Å². The van der Waals surface area contributed by atoms with Crippen LogP contribution >= 0.6 is 0 Å². The van der Waals surface area contributed by atoms with Crippen molar-refractivity contribution in [3.63, 3.8) is 0 Å². The topological polar surface area (TPSA) is 71.7 Å². The molecule has 1 aromatic heterocycles. The number of aromatic nitrogens is 1. The van der Waals surface area contributed by atoms with Gasteiger partial charge in [-0.2, -0.15) is 0 Å². The van der Waals surface area contributed by atoms with Gasteiger partial charge in [0.05, 0.1) is 18.3 Å². The number of guanidine groups is 1. The van der Waals surface area contributed by atoms with E-state index < -0.39 is 0 Å². The predicted molar refractivity (Wildman–Crippen MR) is 101 cm³/mol. The van der Waals surface area contributed by atoms with E-state index in [4.69, 9.17) is 9.26 Å². The summed E-state index contributed by atoms with van der Waals surface area (Å²) in [5, 5.41) is 10.8. The summed E-state index contributed by atoms with van der Waals surface area (Å²) in [6.45, 7) is 13.3. The lowest BCUT2D eigenvalue weighted by atomic mass is 9.78. The van der Waals surface area contributed by atoms with Crippen LogP contribution in [0.5, 0.6) is 0 Å². The molecule has 1 saturated heterocycles. The van der Waals surface area contributed by atoms with Crippen molar-refractivity contribution in [2.24, 2.45) is 16.3 Å². The molecule has 0 radical (unpaired) electrons. The van der Waals surface area contributed by atoms with Gasteiger partial charge in [0.15, 0.2) is 11.7 Å². The molecule has 1 fully saturated rings. The van der Waals surface area contributed by atoms with Crippen molar-refractivity contribution in [1.82, 2.24) is 15.8 Å². The smallest absolute Gasteiger partial charge is 0.191 e. The average molecular weight is 351 g/mol. The van der Waals surface area contributed by atoms with Gasteiger partial charge in [0.25, 0.3) is 0 Å². The molecule has 2 atom stereocenters. The van der Waals surface area contributed by atoms with Gasteiger partial charge < -0.3 is 19.9 Å². The van der Waals surface area contributed by atoms with Gasteiger partial charge in [-0.3, -0.25) is 4.99 Å².